The number of hydrogen-bond acceptors (Lipinski definition) is 2. The van der Waals surface area contributed by atoms with E-state index in [2.05, 4.69) is 47.7 Å². The number of benzene rings is 1. The Hall–Kier alpha value is -1.52. The van der Waals surface area contributed by atoms with Gasteiger partial charge < -0.3 is 15.6 Å². The minimum absolute atomic E-state index is 0. The Bertz CT molecular complexity index is 644. The summed E-state index contributed by atoms with van der Waals surface area (Å²) in [6, 6.07) is 6.32. The molecule has 114 valence electrons. The quantitative estimate of drug-likeness (QED) is 0.816. The van der Waals surface area contributed by atoms with Crippen molar-refractivity contribution in [3.63, 3.8) is 0 Å². The van der Waals surface area contributed by atoms with E-state index < -0.39 is 0 Å². The second-order valence-corrected chi connectivity index (χ2v) is 5.62. The Morgan fingerprint density at radius 2 is 2.19 bits per heavy atom. The van der Waals surface area contributed by atoms with Crippen LogP contribution in [0.3, 0.4) is 0 Å². The summed E-state index contributed by atoms with van der Waals surface area (Å²) in [5.41, 5.74) is 4.79. The molecule has 1 aromatic heterocycles. The van der Waals surface area contributed by atoms with Gasteiger partial charge >= 0.3 is 0 Å². The van der Waals surface area contributed by atoms with Gasteiger partial charge in [-0.2, -0.15) is 0 Å². The first kappa shape index (κ1) is 15.9. The number of H-pyrrole nitrogens is 1. The number of halogens is 1. The number of rotatable bonds is 3. The third-order valence-electron chi connectivity index (χ3n) is 4.22. The Kier molecular flexibility index (Phi) is 4.91. The van der Waals surface area contributed by atoms with E-state index in [1.807, 2.05) is 0 Å². The molecule has 2 aromatic rings. The standard InChI is InChI=1S/C16H21N3O.ClH/c1-10-11(2)19-14-6-5-12(8-13(10)14)9-18-16(20)15-4-3-7-17-15;/h5-6,8,15,17,19H,3-4,7,9H2,1-2H3,(H,18,20);1H. The highest BCUT2D eigenvalue weighted by Crippen LogP contribution is 2.22. The second kappa shape index (κ2) is 6.50. The van der Waals surface area contributed by atoms with Gasteiger partial charge in [0, 0.05) is 23.1 Å². The van der Waals surface area contributed by atoms with Gasteiger partial charge in [-0.1, -0.05) is 6.07 Å². The summed E-state index contributed by atoms with van der Waals surface area (Å²) in [7, 11) is 0. The highest BCUT2D eigenvalue weighted by atomic mass is 35.5. The number of hydrogen-bond donors (Lipinski definition) is 3. The van der Waals surface area contributed by atoms with Crippen LogP contribution < -0.4 is 10.6 Å². The lowest BCUT2D eigenvalue weighted by Gasteiger charge is -2.11. The van der Waals surface area contributed by atoms with Crippen LogP contribution in [-0.4, -0.2) is 23.5 Å². The van der Waals surface area contributed by atoms with Crippen molar-refractivity contribution in [1.82, 2.24) is 15.6 Å². The fourth-order valence-corrected chi connectivity index (χ4v) is 2.84. The first-order valence-corrected chi connectivity index (χ1v) is 7.24. The molecule has 4 nitrogen and oxygen atoms in total. The van der Waals surface area contributed by atoms with E-state index in [1.165, 1.54) is 16.6 Å². The Labute approximate surface area is 131 Å². The van der Waals surface area contributed by atoms with E-state index in [0.29, 0.717) is 6.54 Å². The molecule has 0 radical (unpaired) electrons. The van der Waals surface area contributed by atoms with Crippen molar-refractivity contribution in [2.75, 3.05) is 6.54 Å². The van der Waals surface area contributed by atoms with Crippen LogP contribution in [0.5, 0.6) is 0 Å². The topological polar surface area (TPSA) is 56.9 Å². The highest BCUT2D eigenvalue weighted by Gasteiger charge is 2.21. The predicted octanol–water partition coefficient (Wildman–Crippen LogP) is 2.57. The molecule has 5 heteroatoms. The molecular formula is C16H22ClN3O. The van der Waals surface area contributed by atoms with Gasteiger partial charge in [-0.05, 0) is 56.5 Å². The maximum Gasteiger partial charge on any atom is 0.237 e. The summed E-state index contributed by atoms with van der Waals surface area (Å²) in [5, 5.41) is 7.48. The smallest absolute Gasteiger partial charge is 0.237 e. The van der Waals surface area contributed by atoms with Crippen molar-refractivity contribution in [3.05, 3.63) is 35.0 Å². The normalized spacial score (nSPS) is 17.7. The van der Waals surface area contributed by atoms with E-state index in [1.54, 1.807) is 0 Å². The molecule has 0 aliphatic carbocycles. The molecule has 1 aliphatic heterocycles. The van der Waals surface area contributed by atoms with Crippen LogP contribution in [0, 0.1) is 13.8 Å². The first-order chi connectivity index (χ1) is 9.65. The van der Waals surface area contributed by atoms with E-state index in [0.717, 1.165) is 30.5 Å². The predicted molar refractivity (Wildman–Crippen MR) is 87.9 cm³/mol. The van der Waals surface area contributed by atoms with E-state index in [-0.39, 0.29) is 24.4 Å². The molecule has 0 spiro atoms. The molecule has 2 heterocycles. The van der Waals surface area contributed by atoms with Crippen LogP contribution in [0.2, 0.25) is 0 Å². The summed E-state index contributed by atoms with van der Waals surface area (Å²) in [4.78, 5) is 15.3. The molecule has 3 rings (SSSR count). The van der Waals surface area contributed by atoms with Crippen LogP contribution in [-0.2, 0) is 11.3 Å². The lowest BCUT2D eigenvalue weighted by atomic mass is 10.1. The molecule has 1 aromatic carbocycles. The van der Waals surface area contributed by atoms with E-state index in [9.17, 15) is 4.79 Å². The van der Waals surface area contributed by atoms with Crippen molar-refractivity contribution in [2.45, 2.75) is 39.3 Å². The fraction of sp³-hybridized carbons (Fsp3) is 0.438. The second-order valence-electron chi connectivity index (χ2n) is 5.62. The molecule has 21 heavy (non-hydrogen) atoms. The third kappa shape index (κ3) is 3.22. The lowest BCUT2D eigenvalue weighted by Crippen LogP contribution is -2.39. The van der Waals surface area contributed by atoms with Crippen LogP contribution in [0.25, 0.3) is 10.9 Å². The zero-order valence-electron chi connectivity index (χ0n) is 12.5. The van der Waals surface area contributed by atoms with Gasteiger partial charge in [-0.25, -0.2) is 0 Å². The molecule has 1 saturated heterocycles. The maximum absolute atomic E-state index is 12.0. The lowest BCUT2D eigenvalue weighted by molar-refractivity contribution is -0.122. The molecule has 1 amide bonds. The summed E-state index contributed by atoms with van der Waals surface area (Å²) < 4.78 is 0. The number of nitrogens with one attached hydrogen (secondary N) is 3. The largest absolute Gasteiger partial charge is 0.358 e. The summed E-state index contributed by atoms with van der Waals surface area (Å²) >= 11 is 0. The van der Waals surface area contributed by atoms with Gasteiger partial charge in [0.15, 0.2) is 0 Å². The minimum Gasteiger partial charge on any atom is -0.358 e. The van der Waals surface area contributed by atoms with Crippen molar-refractivity contribution in [1.29, 1.82) is 0 Å². The number of carbonyl (C=O) groups excluding carboxylic acids is 1. The average Bonchev–Trinajstić information content (AvgIpc) is 3.07. The van der Waals surface area contributed by atoms with Gasteiger partial charge in [0.2, 0.25) is 5.91 Å². The van der Waals surface area contributed by atoms with Crippen molar-refractivity contribution in [3.8, 4) is 0 Å². The van der Waals surface area contributed by atoms with Gasteiger partial charge in [0.1, 0.15) is 0 Å². The van der Waals surface area contributed by atoms with E-state index in [4.69, 9.17) is 0 Å². The summed E-state index contributed by atoms with van der Waals surface area (Å²) in [6.45, 7) is 5.75. The van der Waals surface area contributed by atoms with Crippen molar-refractivity contribution in [2.24, 2.45) is 0 Å². The summed E-state index contributed by atoms with van der Waals surface area (Å²) in [6.07, 6.45) is 2.03. The number of aryl methyl sites for hydroxylation is 2. The zero-order valence-corrected chi connectivity index (χ0v) is 13.3. The van der Waals surface area contributed by atoms with Gasteiger partial charge in [-0.3, -0.25) is 4.79 Å². The highest BCUT2D eigenvalue weighted by molar-refractivity contribution is 5.86. The monoisotopic (exact) mass is 307 g/mol. The molecule has 1 aliphatic rings. The molecule has 1 atom stereocenters. The number of carbonyl (C=O) groups is 1. The third-order valence-corrected chi connectivity index (χ3v) is 4.22. The van der Waals surface area contributed by atoms with Gasteiger partial charge in [0.25, 0.3) is 0 Å². The molecule has 3 N–H and O–H groups in total. The van der Waals surface area contributed by atoms with E-state index >= 15 is 0 Å². The van der Waals surface area contributed by atoms with Crippen molar-refractivity contribution >= 4 is 29.2 Å². The molecule has 0 saturated carbocycles. The van der Waals surface area contributed by atoms with Crippen molar-refractivity contribution < 1.29 is 4.79 Å². The zero-order chi connectivity index (χ0) is 14.1. The minimum atomic E-state index is -0.00466. The number of aromatic nitrogens is 1. The van der Waals surface area contributed by atoms with Crippen LogP contribution >= 0.6 is 12.4 Å². The number of fused-ring (bicyclic) bond motifs is 1. The SMILES string of the molecule is Cc1[nH]c2ccc(CNC(=O)C3CCCN3)cc2c1C.Cl. The van der Waals surface area contributed by atoms with Gasteiger partial charge in [-0.15, -0.1) is 12.4 Å². The number of aromatic amines is 1. The van der Waals surface area contributed by atoms with Crippen LogP contribution in [0.15, 0.2) is 18.2 Å². The maximum atomic E-state index is 12.0. The fourth-order valence-electron chi connectivity index (χ4n) is 2.84. The van der Waals surface area contributed by atoms with Crippen LogP contribution in [0.1, 0.15) is 29.7 Å². The summed E-state index contributed by atoms with van der Waals surface area (Å²) in [5.74, 6) is 0.115. The Morgan fingerprint density at radius 1 is 1.38 bits per heavy atom. The Balaban J connectivity index is 0.00000161. The van der Waals surface area contributed by atoms with Crippen LogP contribution in [0.4, 0.5) is 0 Å². The van der Waals surface area contributed by atoms with Gasteiger partial charge in [0.05, 0.1) is 6.04 Å². The molecular weight excluding hydrogens is 286 g/mol. The first-order valence-electron chi connectivity index (χ1n) is 7.24. The Morgan fingerprint density at radius 3 is 2.90 bits per heavy atom. The molecule has 0 bridgehead atoms. The molecule has 1 unspecified atom stereocenters. The molecule has 1 fully saturated rings. The number of amides is 1. The average molecular weight is 308 g/mol.